The second-order valence-electron chi connectivity index (χ2n) is 11.4. The first-order valence-electron chi connectivity index (χ1n) is 15.5. The minimum Gasteiger partial charge on any atom is -0.475 e. The summed E-state index contributed by atoms with van der Waals surface area (Å²) in [6, 6.07) is 15.4. The summed E-state index contributed by atoms with van der Waals surface area (Å²) in [5, 5.41) is 29.5. The predicted octanol–water partition coefficient (Wildman–Crippen LogP) is 5.64. The van der Waals surface area contributed by atoms with Crippen LogP contribution in [-0.2, 0) is 14.4 Å². The van der Waals surface area contributed by atoms with Crippen LogP contribution in [0.3, 0.4) is 0 Å². The number of aromatic nitrogens is 3. The Kier molecular flexibility index (Phi) is 15.7. The summed E-state index contributed by atoms with van der Waals surface area (Å²) in [6.07, 6.45) is -9.72. The van der Waals surface area contributed by atoms with E-state index in [9.17, 15) is 44.3 Å². The van der Waals surface area contributed by atoms with Gasteiger partial charge >= 0.3 is 36.4 Å². The highest BCUT2D eigenvalue weighted by Crippen LogP contribution is 2.29. The highest BCUT2D eigenvalue weighted by Gasteiger charge is 2.39. The van der Waals surface area contributed by atoms with Gasteiger partial charge in [0.25, 0.3) is 5.91 Å². The van der Waals surface area contributed by atoms with E-state index in [0.717, 1.165) is 53.1 Å². The molecule has 2 aromatic carbocycles. The largest absolute Gasteiger partial charge is 0.490 e. The maximum absolute atomic E-state index is 13.0. The molecule has 0 aliphatic heterocycles. The van der Waals surface area contributed by atoms with Gasteiger partial charge in [0.2, 0.25) is 5.95 Å². The van der Waals surface area contributed by atoms with Gasteiger partial charge in [0.1, 0.15) is 5.82 Å². The number of aliphatic imine (C=N–C) groups is 1. The fourth-order valence-electron chi connectivity index (χ4n) is 4.58. The number of fused-ring (bicyclic) bond motifs is 2. The SMILES string of the molecule is Cc1ccc2nc(NC(=O)c3cnc4ccccc4c3)nc(NC3CCCCC3N=C(N)N)c2c1.O=C(O)C(F)(F)F.O=C(O)C(F)(F)F.O=C(O)C(F)(F)F. The Balaban J connectivity index is 0.000000423. The second-order valence-corrected chi connectivity index (χ2v) is 11.4. The molecule has 2 heterocycles. The number of carbonyl (C=O) groups is 4. The van der Waals surface area contributed by atoms with Crippen LogP contribution >= 0.6 is 0 Å². The van der Waals surface area contributed by atoms with Gasteiger partial charge in [-0.1, -0.05) is 42.7 Å². The predicted molar refractivity (Wildman–Crippen MR) is 181 cm³/mol. The molecule has 1 aliphatic carbocycles. The Morgan fingerprint density at radius 1 is 0.768 bits per heavy atom. The summed E-state index contributed by atoms with van der Waals surface area (Å²) < 4.78 is 95.2. The minimum atomic E-state index is -5.08. The third-order valence-corrected chi connectivity index (χ3v) is 7.02. The van der Waals surface area contributed by atoms with E-state index in [0.29, 0.717) is 11.4 Å². The number of halogens is 9. The molecule has 24 heteroatoms. The number of nitrogens with two attached hydrogens (primary N) is 2. The third-order valence-electron chi connectivity index (χ3n) is 7.02. The number of carboxylic acid groups (broad SMARTS) is 3. The number of hydrogen-bond donors (Lipinski definition) is 7. The molecular weight excluding hydrogens is 779 g/mol. The molecule has 1 saturated carbocycles. The zero-order chi connectivity index (χ0) is 42.6. The van der Waals surface area contributed by atoms with E-state index in [1.54, 1.807) is 6.20 Å². The number of para-hydroxylation sites is 1. The van der Waals surface area contributed by atoms with Crippen LogP contribution in [0, 0.1) is 6.92 Å². The summed E-state index contributed by atoms with van der Waals surface area (Å²) >= 11 is 0. The van der Waals surface area contributed by atoms with Gasteiger partial charge in [-0.2, -0.15) is 44.5 Å². The number of rotatable bonds is 5. The van der Waals surface area contributed by atoms with Crippen molar-refractivity contribution in [3.05, 3.63) is 65.9 Å². The first-order chi connectivity index (χ1) is 25.8. The number of alkyl halides is 9. The van der Waals surface area contributed by atoms with E-state index in [4.69, 9.17) is 46.2 Å². The molecule has 304 valence electrons. The Morgan fingerprint density at radius 2 is 1.30 bits per heavy atom. The summed E-state index contributed by atoms with van der Waals surface area (Å²) in [6.45, 7) is 2.02. The molecule has 1 amide bonds. The molecule has 5 rings (SSSR count). The lowest BCUT2D eigenvalue weighted by atomic mass is 9.90. The molecule has 56 heavy (non-hydrogen) atoms. The van der Waals surface area contributed by atoms with Gasteiger partial charge in [-0.15, -0.1) is 0 Å². The number of amides is 1. The topological polar surface area (TPSA) is 256 Å². The molecule has 2 atom stereocenters. The average Bonchev–Trinajstić information content (AvgIpc) is 3.08. The van der Waals surface area contributed by atoms with Crippen molar-refractivity contribution >= 4 is 63.3 Å². The second kappa shape index (κ2) is 19.2. The van der Waals surface area contributed by atoms with E-state index in [2.05, 4.69) is 25.6 Å². The molecule has 0 spiro atoms. The van der Waals surface area contributed by atoms with Crippen LogP contribution in [0.1, 0.15) is 41.6 Å². The molecule has 4 aromatic rings. The van der Waals surface area contributed by atoms with Crippen molar-refractivity contribution < 1.29 is 74.0 Å². The number of nitrogens with zero attached hydrogens (tertiary/aromatic N) is 4. The van der Waals surface area contributed by atoms with Gasteiger partial charge in [0.15, 0.2) is 5.96 Å². The summed E-state index contributed by atoms with van der Waals surface area (Å²) in [5.74, 6) is -7.64. The van der Waals surface area contributed by atoms with Gasteiger partial charge in [0.05, 0.1) is 28.7 Å². The Morgan fingerprint density at radius 3 is 1.84 bits per heavy atom. The van der Waals surface area contributed by atoms with Gasteiger partial charge in [-0.3, -0.25) is 15.1 Å². The molecule has 2 unspecified atom stereocenters. The average molecular weight is 811 g/mol. The Bertz CT molecular complexity index is 2000. The van der Waals surface area contributed by atoms with Crippen LogP contribution < -0.4 is 22.1 Å². The van der Waals surface area contributed by atoms with Crippen molar-refractivity contribution in [2.24, 2.45) is 16.5 Å². The molecule has 0 bridgehead atoms. The lowest BCUT2D eigenvalue weighted by molar-refractivity contribution is -0.193. The van der Waals surface area contributed by atoms with Crippen LogP contribution in [0.4, 0.5) is 51.3 Å². The maximum Gasteiger partial charge on any atom is 0.490 e. The molecule has 2 aromatic heterocycles. The van der Waals surface area contributed by atoms with Crippen molar-refractivity contribution in [2.45, 2.75) is 63.2 Å². The van der Waals surface area contributed by atoms with Crippen molar-refractivity contribution in [1.82, 2.24) is 15.0 Å². The molecule has 15 nitrogen and oxygen atoms in total. The van der Waals surface area contributed by atoms with E-state index in [1.807, 2.05) is 55.5 Å². The number of hydrogen-bond acceptors (Lipinski definition) is 9. The number of carboxylic acids is 3. The van der Waals surface area contributed by atoms with Crippen molar-refractivity contribution in [3.8, 4) is 0 Å². The molecule has 0 saturated heterocycles. The standard InChI is InChI=1S/C26H28N8O.3C2HF3O2/c1-15-10-11-20-18(12-15)23(30-21-8-4-5-9-22(21)31-25(27)28)33-26(32-20)34-24(35)17-13-16-6-2-3-7-19(16)29-14-17;3*3-2(4,5)1(6)7/h2-3,6-7,10-14,21-22H,4-5,8-9H2,1H3,(H4,27,28,31)(H2,30,32,33,34,35);3*(H,6,7). The summed E-state index contributed by atoms with van der Waals surface area (Å²) in [7, 11) is 0. The molecule has 0 radical (unpaired) electrons. The number of guanidine groups is 1. The number of aryl methyl sites for hydroxylation is 1. The number of carbonyl (C=O) groups excluding carboxylic acids is 1. The van der Waals surface area contributed by atoms with Crippen LogP contribution in [0.15, 0.2) is 59.7 Å². The summed E-state index contributed by atoms with van der Waals surface area (Å²) in [4.78, 5) is 57.8. The lowest BCUT2D eigenvalue weighted by Gasteiger charge is -2.30. The zero-order valence-corrected chi connectivity index (χ0v) is 28.5. The lowest BCUT2D eigenvalue weighted by Crippen LogP contribution is -2.38. The van der Waals surface area contributed by atoms with Crippen LogP contribution in [0.2, 0.25) is 0 Å². The van der Waals surface area contributed by atoms with E-state index >= 15 is 0 Å². The number of anilines is 2. The van der Waals surface area contributed by atoms with Gasteiger partial charge in [0, 0.05) is 17.0 Å². The summed E-state index contributed by atoms with van der Waals surface area (Å²) in [5.41, 5.74) is 14.4. The number of aliphatic carboxylic acids is 3. The normalized spacial score (nSPS) is 15.3. The molecular formula is C32H31F9N8O7. The smallest absolute Gasteiger partial charge is 0.475 e. The van der Waals surface area contributed by atoms with E-state index in [1.165, 1.54) is 0 Å². The van der Waals surface area contributed by atoms with E-state index < -0.39 is 36.4 Å². The van der Waals surface area contributed by atoms with Crippen molar-refractivity contribution in [1.29, 1.82) is 0 Å². The van der Waals surface area contributed by atoms with Crippen LogP contribution in [0.5, 0.6) is 0 Å². The highest BCUT2D eigenvalue weighted by molar-refractivity contribution is 6.05. The fourth-order valence-corrected chi connectivity index (χ4v) is 4.58. The van der Waals surface area contributed by atoms with Crippen LogP contribution in [-0.4, -0.2) is 90.7 Å². The van der Waals surface area contributed by atoms with Gasteiger partial charge < -0.3 is 32.1 Å². The number of nitrogens with one attached hydrogen (secondary N) is 2. The number of benzene rings is 2. The quantitative estimate of drug-likeness (QED) is 0.0733. The van der Waals surface area contributed by atoms with E-state index in [-0.39, 0.29) is 29.9 Å². The first-order valence-corrected chi connectivity index (χ1v) is 15.5. The molecule has 1 fully saturated rings. The maximum atomic E-state index is 13.0. The Labute approximate surface area is 308 Å². The fraction of sp³-hybridized carbons (Fsp3) is 0.312. The number of pyridine rings is 1. The first kappa shape index (κ1) is 45.7. The van der Waals surface area contributed by atoms with Crippen molar-refractivity contribution in [2.75, 3.05) is 10.6 Å². The zero-order valence-electron chi connectivity index (χ0n) is 28.5. The van der Waals surface area contributed by atoms with Gasteiger partial charge in [-0.25, -0.2) is 24.4 Å². The molecule has 9 N–H and O–H groups in total. The van der Waals surface area contributed by atoms with Gasteiger partial charge in [-0.05, 0) is 44.0 Å². The monoisotopic (exact) mass is 810 g/mol. The third kappa shape index (κ3) is 14.7. The van der Waals surface area contributed by atoms with Crippen molar-refractivity contribution in [3.63, 3.8) is 0 Å². The van der Waals surface area contributed by atoms with Crippen LogP contribution in [0.25, 0.3) is 21.8 Å². The minimum absolute atomic E-state index is 0.0256. The highest BCUT2D eigenvalue weighted by atomic mass is 19.4. The molecule has 1 aliphatic rings. The Hall–Kier alpha value is -6.49.